The number of amides is 6. The van der Waals surface area contributed by atoms with Crippen molar-refractivity contribution >= 4 is 150 Å². The summed E-state index contributed by atoms with van der Waals surface area (Å²) >= 11 is 12.4. The van der Waals surface area contributed by atoms with Crippen LogP contribution in [0.3, 0.4) is 0 Å². The number of aromatic amines is 1. The van der Waals surface area contributed by atoms with Crippen LogP contribution in [-0.4, -0.2) is 189 Å². The third-order valence-corrected chi connectivity index (χ3v) is 19.0. The first-order valence-electron chi connectivity index (χ1n) is 44.0. The minimum Gasteiger partial charge on any atom is -0.480 e. The Balaban J connectivity index is 0.000000276. The lowest BCUT2D eigenvalue weighted by Crippen LogP contribution is -2.45. The number of esters is 4. The number of carbonyl (C=O) groups excluding carboxylic acids is 10. The predicted molar refractivity (Wildman–Crippen MR) is 525 cm³/mol. The second-order valence-electron chi connectivity index (χ2n) is 35.5. The van der Waals surface area contributed by atoms with Gasteiger partial charge in [0.1, 0.15) is 103 Å². The highest BCUT2D eigenvalue weighted by Gasteiger charge is 2.32. The first-order chi connectivity index (χ1) is 65.9. The Morgan fingerprint density at radius 2 is 0.679 bits per heavy atom. The van der Waals surface area contributed by atoms with Crippen molar-refractivity contribution in [1.82, 2.24) is 75.2 Å². The summed E-state index contributed by atoms with van der Waals surface area (Å²) in [7, 11) is 0. The molecule has 0 bridgehead atoms. The number of H-pyrrole nitrogens is 1. The Hall–Kier alpha value is -14.3. The summed E-state index contributed by atoms with van der Waals surface area (Å²) in [5.41, 5.74) is 12.1. The van der Waals surface area contributed by atoms with E-state index in [2.05, 4.69) is 98.6 Å². The van der Waals surface area contributed by atoms with Crippen molar-refractivity contribution in [1.29, 1.82) is 0 Å². The number of benzene rings is 5. The fourth-order valence-corrected chi connectivity index (χ4v) is 12.7. The summed E-state index contributed by atoms with van der Waals surface area (Å²) in [6, 6.07) is 42.8. The zero-order valence-corrected chi connectivity index (χ0v) is 84.3. The molecular weight excluding hydrogens is 1970 g/mol. The summed E-state index contributed by atoms with van der Waals surface area (Å²) in [5, 5.41) is 24.9. The smallest absolute Gasteiger partial charge is 0.413 e. The molecule has 42 nitrogen and oxygen atoms in total. The number of nitrogens with one attached hydrogen (secondary N) is 7. The number of hydrogen-bond donors (Lipinski definition) is 10. The number of aryl methyl sites for hydroxylation is 3. The number of nitrogens with two attached hydrogens (primary N) is 2. The van der Waals surface area contributed by atoms with Gasteiger partial charge in [-0.2, -0.15) is 19.9 Å². The maximum absolute atomic E-state index is 12.8. The van der Waals surface area contributed by atoms with E-state index >= 15 is 0 Å². The van der Waals surface area contributed by atoms with E-state index in [-0.39, 0.29) is 106 Å². The highest BCUT2D eigenvalue weighted by molar-refractivity contribution is 9.09. The van der Waals surface area contributed by atoms with Gasteiger partial charge in [-0.05, 0) is 170 Å². The third-order valence-electron chi connectivity index (χ3n) is 17.8. The Labute approximate surface area is 830 Å². The molecule has 0 aliphatic carbocycles. The van der Waals surface area contributed by atoms with Crippen molar-refractivity contribution in [3.8, 4) is 0 Å². The molecular formula is C95H121Br2ClN18O24. The number of hydrogen-bond acceptors (Lipinski definition) is 31. The highest BCUT2D eigenvalue weighted by atomic mass is 79.9. The number of rotatable bonds is 34. The number of ether oxygens (including phenoxy) is 10. The first-order valence-corrected chi connectivity index (χ1v) is 46.6. The van der Waals surface area contributed by atoms with E-state index < -0.39 is 136 Å². The molecule has 756 valence electrons. The lowest BCUT2D eigenvalue weighted by Gasteiger charge is -2.23. The Morgan fingerprint density at radius 1 is 0.386 bits per heavy atom. The van der Waals surface area contributed by atoms with Gasteiger partial charge >= 0.3 is 72.1 Å². The number of nitrogen functional groups attached to an aromatic ring is 2. The molecule has 12 N–H and O–H groups in total. The van der Waals surface area contributed by atoms with Gasteiger partial charge in [-0.15, -0.1) is 0 Å². The largest absolute Gasteiger partial charge is 0.480 e. The number of carbonyl (C=O) groups is 11. The monoisotopic (exact) mass is 2090 g/mol. The van der Waals surface area contributed by atoms with Crippen LogP contribution in [-0.2, 0) is 124 Å². The van der Waals surface area contributed by atoms with Gasteiger partial charge in [-0.25, -0.2) is 67.5 Å². The molecule has 45 heteroatoms. The molecule has 10 aromatic rings. The molecule has 6 amide bonds. The van der Waals surface area contributed by atoms with Crippen LogP contribution in [0.15, 0.2) is 186 Å². The van der Waals surface area contributed by atoms with Gasteiger partial charge in [0, 0.05) is 36.5 Å². The molecule has 5 aromatic carbocycles. The summed E-state index contributed by atoms with van der Waals surface area (Å²) in [4.78, 5) is 184. The van der Waals surface area contributed by atoms with Gasteiger partial charge in [0.15, 0.2) is 22.0 Å². The molecule has 5 heterocycles. The van der Waals surface area contributed by atoms with Crippen LogP contribution in [0.25, 0.3) is 22.3 Å². The Kier molecular flexibility index (Phi) is 45.7. The van der Waals surface area contributed by atoms with E-state index in [1.807, 2.05) is 152 Å². The standard InChI is InChI=1S/C28H32N4O7.C21H25ClN6O4.C21H26N6O5.C16H22BrNO4.C9H16BrNO4/c1-28(2,3)39-27(36)29-22(24(33)37-18-20-10-6-4-7-11-20)14-16-32-17-15-23(30-25(32)34)31-26(35)38-19-21-12-8-5-9-13-21;1-21(2,3)32-20(30)25-14(18(29)31-11-13-7-5-4-6-8-13)9-10-28-12-24-15-16(22)26-19(23)27-17(15)28;1-21(2,3)32-20(30)24-14(18(29)31-11-13-7-5-4-6-8-13)9-10-27-12-23-15-16(27)25-19(22)26-17(15)28;1-16(2,3)22-15(20)18-13(9-10-17)14(19)21-11-12-7-5-4-6-8-12;1-9(2,3)15-8(14)11-6(4-5-10)7(12)13/h4-13,15,17,22H,14,16,18-19H2,1-3H3,(H,29,36)(H,30,31,34,35);4-8,12,14H,9-11H2,1-3H3,(H,25,30)(H2,23,26,27);4-8,12,14H,9-11H2,1-3H3,(H,24,30)(H3,22,25,26,28);4-8,13H,9-11H2,1-3H3,(H,18,20);6H,4-5H2,1-3H3,(H,11,14)(H,12,13)/t22-;2*14-;13-;6-/m00000/s1. The molecule has 0 radical (unpaired) electrons. The molecule has 0 unspecified atom stereocenters. The molecule has 5 atom stereocenters. The van der Waals surface area contributed by atoms with Crippen molar-refractivity contribution in [2.45, 2.75) is 247 Å². The number of halogens is 3. The summed E-state index contributed by atoms with van der Waals surface area (Å²) in [6.45, 7) is 26.9. The fourth-order valence-electron chi connectivity index (χ4n) is 11.6. The summed E-state index contributed by atoms with van der Waals surface area (Å²) in [6.07, 6.45) is 1.12. The fraction of sp³-hybridized carbons (Fsp3) is 0.421. The molecule has 0 fully saturated rings. The number of carboxylic acids is 1. The van der Waals surface area contributed by atoms with E-state index in [9.17, 15) is 62.3 Å². The van der Waals surface area contributed by atoms with Crippen molar-refractivity contribution < 1.29 is 105 Å². The number of alkyl halides is 2. The molecule has 0 aliphatic heterocycles. The highest BCUT2D eigenvalue weighted by Crippen LogP contribution is 2.23. The lowest BCUT2D eigenvalue weighted by atomic mass is 10.2. The number of nitrogens with zero attached hydrogens (tertiary/aromatic N) is 9. The second kappa shape index (κ2) is 55.9. The predicted octanol–water partition coefficient (Wildman–Crippen LogP) is 14.0. The topological polar surface area (TPSA) is 567 Å². The van der Waals surface area contributed by atoms with E-state index in [1.165, 1.54) is 29.5 Å². The van der Waals surface area contributed by atoms with Crippen molar-refractivity contribution in [3.63, 3.8) is 0 Å². The van der Waals surface area contributed by atoms with E-state index in [0.717, 1.165) is 27.8 Å². The number of aromatic nitrogens is 10. The lowest BCUT2D eigenvalue weighted by molar-refractivity contribution is -0.148. The number of aliphatic carboxylic acids is 1. The number of fused-ring (bicyclic) bond motifs is 2. The normalized spacial score (nSPS) is 12.2. The molecule has 140 heavy (non-hydrogen) atoms. The van der Waals surface area contributed by atoms with Crippen LogP contribution < -0.4 is 54.6 Å². The van der Waals surface area contributed by atoms with E-state index in [0.29, 0.717) is 34.7 Å². The third kappa shape index (κ3) is 44.9. The zero-order chi connectivity index (χ0) is 104. The number of anilines is 3. The van der Waals surface area contributed by atoms with Gasteiger partial charge in [0.2, 0.25) is 11.9 Å². The number of carboxylic acid groups (broad SMARTS) is 1. The average molecular weight is 2090 g/mol. The second-order valence-corrected chi connectivity index (χ2v) is 37.5. The van der Waals surface area contributed by atoms with E-state index in [4.69, 9.17) is 75.5 Å². The summed E-state index contributed by atoms with van der Waals surface area (Å²) < 4.78 is 57.0. The quantitative estimate of drug-likeness (QED) is 0.00775. The van der Waals surface area contributed by atoms with Gasteiger partial charge < -0.3 is 99.7 Å². The van der Waals surface area contributed by atoms with Crippen LogP contribution in [0.1, 0.15) is 164 Å². The van der Waals surface area contributed by atoms with Crippen LogP contribution in [0.2, 0.25) is 5.15 Å². The summed E-state index contributed by atoms with van der Waals surface area (Å²) in [5.74, 6) is -3.45. The zero-order valence-electron chi connectivity index (χ0n) is 80.4. The number of alkyl carbamates (subject to hydrolysis) is 5. The van der Waals surface area contributed by atoms with Crippen molar-refractivity contribution in [3.05, 3.63) is 230 Å². The maximum atomic E-state index is 12.8. The van der Waals surface area contributed by atoms with Gasteiger partial charge in [-0.1, -0.05) is 195 Å². The van der Waals surface area contributed by atoms with Crippen LogP contribution >= 0.6 is 43.5 Å². The van der Waals surface area contributed by atoms with Crippen LogP contribution in [0.5, 0.6) is 0 Å². The molecule has 10 rings (SSSR count). The molecule has 5 aromatic heterocycles. The minimum absolute atomic E-state index is 0.00921. The van der Waals surface area contributed by atoms with Crippen molar-refractivity contribution in [2.75, 3.05) is 27.4 Å². The molecule has 0 saturated carbocycles. The van der Waals surface area contributed by atoms with Crippen LogP contribution in [0, 0.1) is 0 Å². The van der Waals surface area contributed by atoms with Gasteiger partial charge in [0.05, 0.1) is 12.7 Å². The minimum atomic E-state index is -1.08. The van der Waals surface area contributed by atoms with Gasteiger partial charge in [-0.3, -0.25) is 19.7 Å². The Bertz CT molecular complexity index is 5820. The first kappa shape index (κ1) is 114. The molecule has 0 spiro atoms. The maximum Gasteiger partial charge on any atom is 0.413 e. The molecule has 0 saturated heterocycles. The van der Waals surface area contributed by atoms with Crippen molar-refractivity contribution in [2.24, 2.45) is 0 Å². The average Bonchev–Trinajstić information content (AvgIpc) is 1.66. The van der Waals surface area contributed by atoms with E-state index in [1.54, 1.807) is 113 Å². The SMILES string of the molecule is CC(C)(C)OC(=O)N[C@@H](CCBr)C(=O)O.CC(C)(C)OC(=O)N[C@@H](CCBr)C(=O)OCc1ccccc1.CC(C)(C)OC(=O)N[C@@H](CCn1ccc(NC(=O)OCc2ccccc2)nc1=O)C(=O)OCc1ccccc1.CC(C)(C)OC(=O)N[C@@H](CCn1cnc2c(=O)[nH]c(N)nc21)C(=O)OCc1ccccc1.CC(C)(C)OC(=O)N[C@@H](CCn1cnc2c(Cl)nc(N)nc21)C(=O)OCc1ccccc1. The molecule has 0 aliphatic rings. The number of imidazole rings is 2. The van der Waals surface area contributed by atoms with Gasteiger partial charge in [0.25, 0.3) is 5.56 Å². The van der Waals surface area contributed by atoms with Crippen LogP contribution in [0.4, 0.5) is 46.5 Å². The Morgan fingerprint density at radius 3 is 0.993 bits per heavy atom.